The molecule has 1 nitrogen and oxygen atoms in total. The first-order valence-electron chi connectivity index (χ1n) is 3.19. The molecule has 0 atom stereocenters. The van der Waals surface area contributed by atoms with Crippen LogP contribution in [0.25, 0.3) is 10.2 Å². The number of fused-ring (bicyclic) bond motifs is 1. The lowest BCUT2D eigenvalue weighted by Crippen LogP contribution is -1.89. The van der Waals surface area contributed by atoms with E-state index in [-0.39, 0.29) is 14.7 Å². The molecule has 0 aliphatic heterocycles. The quantitative estimate of drug-likeness (QED) is 0.624. The van der Waals surface area contributed by atoms with Crippen molar-refractivity contribution in [2.75, 3.05) is 0 Å². The molecule has 0 aliphatic carbocycles. The topological polar surface area (TPSA) is 12.9 Å². The monoisotopic (exact) mass is 223 g/mol. The van der Waals surface area contributed by atoms with Crippen molar-refractivity contribution < 1.29 is 13.2 Å². The molecule has 1 aromatic carbocycles. The number of hydrogen-bond donors (Lipinski definition) is 0. The summed E-state index contributed by atoms with van der Waals surface area (Å²) in [6.07, 6.45) is 0. The number of rotatable bonds is 0. The zero-order valence-electron chi connectivity index (χ0n) is 5.94. The maximum atomic E-state index is 13.0. The Morgan fingerprint density at radius 3 is 2.62 bits per heavy atom. The van der Waals surface area contributed by atoms with Crippen molar-refractivity contribution in [3.8, 4) is 0 Å². The van der Waals surface area contributed by atoms with E-state index < -0.39 is 17.5 Å². The first kappa shape index (κ1) is 8.77. The van der Waals surface area contributed by atoms with Gasteiger partial charge in [-0.05, 0) is 0 Å². The van der Waals surface area contributed by atoms with Gasteiger partial charge in [-0.3, -0.25) is 0 Å². The third kappa shape index (κ3) is 1.28. The zero-order chi connectivity index (χ0) is 9.59. The zero-order valence-corrected chi connectivity index (χ0v) is 7.52. The molecule has 0 saturated heterocycles. The average molecular weight is 224 g/mol. The van der Waals surface area contributed by atoms with E-state index in [1.165, 1.54) is 0 Å². The molecule has 1 heterocycles. The van der Waals surface area contributed by atoms with Crippen LogP contribution in [0.4, 0.5) is 13.2 Å². The molecule has 1 aromatic heterocycles. The van der Waals surface area contributed by atoms with Gasteiger partial charge in [0.05, 0.1) is 10.2 Å². The van der Waals surface area contributed by atoms with Crippen molar-refractivity contribution in [3.63, 3.8) is 0 Å². The Morgan fingerprint density at radius 1 is 1.23 bits per heavy atom. The first-order chi connectivity index (χ1) is 6.09. The molecule has 0 aliphatic rings. The second-order valence-electron chi connectivity index (χ2n) is 2.30. The van der Waals surface area contributed by atoms with Crippen LogP contribution in [0.2, 0.25) is 4.47 Å². The highest BCUT2D eigenvalue weighted by molar-refractivity contribution is 7.22. The molecule has 0 N–H and O–H groups in total. The summed E-state index contributed by atoms with van der Waals surface area (Å²) in [5.74, 6) is -3.99. The minimum atomic E-state index is -1.49. The highest BCUT2D eigenvalue weighted by Gasteiger charge is 2.16. The number of thiazole rings is 1. The van der Waals surface area contributed by atoms with Crippen molar-refractivity contribution in [2.24, 2.45) is 0 Å². The van der Waals surface area contributed by atoms with Crippen LogP contribution in [0.15, 0.2) is 6.07 Å². The van der Waals surface area contributed by atoms with Gasteiger partial charge < -0.3 is 0 Å². The van der Waals surface area contributed by atoms with Crippen molar-refractivity contribution in [1.29, 1.82) is 0 Å². The molecule has 68 valence electrons. The Hall–Kier alpha value is -0.810. The predicted octanol–water partition coefficient (Wildman–Crippen LogP) is 3.37. The maximum Gasteiger partial charge on any atom is 0.196 e. The average Bonchev–Trinajstić information content (AvgIpc) is 2.42. The predicted molar refractivity (Wildman–Crippen MR) is 44.5 cm³/mol. The van der Waals surface area contributed by atoms with Gasteiger partial charge in [0, 0.05) is 6.07 Å². The molecule has 0 spiro atoms. The summed E-state index contributed by atoms with van der Waals surface area (Å²) >= 11 is 6.23. The van der Waals surface area contributed by atoms with E-state index in [2.05, 4.69) is 4.98 Å². The Balaban J connectivity index is 2.92. The lowest BCUT2D eigenvalue weighted by Gasteiger charge is -1.94. The van der Waals surface area contributed by atoms with Crippen LogP contribution in [0.3, 0.4) is 0 Å². The Morgan fingerprint density at radius 2 is 1.92 bits per heavy atom. The fourth-order valence-corrected chi connectivity index (χ4v) is 1.97. The lowest BCUT2D eigenvalue weighted by molar-refractivity contribution is 0.454. The summed E-state index contributed by atoms with van der Waals surface area (Å²) in [7, 11) is 0. The van der Waals surface area contributed by atoms with E-state index >= 15 is 0 Å². The minimum absolute atomic E-state index is 0.0337. The van der Waals surface area contributed by atoms with E-state index in [0.29, 0.717) is 0 Å². The third-order valence-corrected chi connectivity index (χ3v) is 2.66. The van der Waals surface area contributed by atoms with Gasteiger partial charge >= 0.3 is 0 Å². The van der Waals surface area contributed by atoms with Crippen molar-refractivity contribution >= 4 is 33.2 Å². The number of halogens is 4. The molecule has 2 rings (SSSR count). The Kier molecular flexibility index (Phi) is 1.92. The van der Waals surface area contributed by atoms with Crippen LogP contribution in [0.1, 0.15) is 0 Å². The summed E-state index contributed by atoms with van der Waals surface area (Å²) in [6, 6.07) is 0.816. The maximum absolute atomic E-state index is 13.0. The summed E-state index contributed by atoms with van der Waals surface area (Å²) in [5, 5.41) is 0. The van der Waals surface area contributed by atoms with Crippen LogP contribution in [-0.2, 0) is 0 Å². The van der Waals surface area contributed by atoms with Crippen molar-refractivity contribution in [2.45, 2.75) is 0 Å². The fourth-order valence-electron chi connectivity index (χ4n) is 0.948. The van der Waals surface area contributed by atoms with Gasteiger partial charge in [0.15, 0.2) is 21.9 Å². The van der Waals surface area contributed by atoms with E-state index in [9.17, 15) is 13.2 Å². The van der Waals surface area contributed by atoms with Crippen LogP contribution in [0.5, 0.6) is 0 Å². The molecule has 0 radical (unpaired) electrons. The molecule has 6 heteroatoms. The molecule has 0 saturated carbocycles. The van der Waals surface area contributed by atoms with Gasteiger partial charge in [-0.2, -0.15) is 0 Å². The number of hydrogen-bond acceptors (Lipinski definition) is 2. The SMILES string of the molecule is Fc1cc2nc(Cl)sc2c(F)c1F. The normalized spacial score (nSPS) is 11.1. The van der Waals surface area contributed by atoms with Gasteiger partial charge in [0.2, 0.25) is 0 Å². The molecule has 2 aromatic rings. The van der Waals surface area contributed by atoms with Crippen LogP contribution in [0, 0.1) is 17.5 Å². The van der Waals surface area contributed by atoms with Crippen LogP contribution >= 0.6 is 22.9 Å². The van der Waals surface area contributed by atoms with Crippen molar-refractivity contribution in [1.82, 2.24) is 4.98 Å². The van der Waals surface area contributed by atoms with Gasteiger partial charge in [-0.15, -0.1) is 0 Å². The molecular weight excluding hydrogens is 223 g/mol. The summed E-state index contributed by atoms with van der Waals surface area (Å²) in [5.41, 5.74) is 0.0337. The fraction of sp³-hybridized carbons (Fsp3) is 0. The van der Waals surface area contributed by atoms with Gasteiger partial charge in [0.25, 0.3) is 0 Å². The minimum Gasteiger partial charge on any atom is -0.225 e. The third-order valence-electron chi connectivity index (χ3n) is 1.49. The molecule has 0 unspecified atom stereocenters. The van der Waals surface area contributed by atoms with Crippen LogP contribution in [-0.4, -0.2) is 4.98 Å². The Bertz CT molecular complexity index is 482. The molecule has 0 amide bonds. The number of benzene rings is 1. The molecule has 0 bridgehead atoms. The Labute approximate surface area is 79.8 Å². The van der Waals surface area contributed by atoms with Gasteiger partial charge in [-0.25, -0.2) is 18.2 Å². The molecule has 0 fully saturated rings. The number of nitrogens with zero attached hydrogens (tertiary/aromatic N) is 1. The second-order valence-corrected chi connectivity index (χ2v) is 3.88. The molecular formula is C7HClF3NS. The lowest BCUT2D eigenvalue weighted by atomic mass is 10.3. The number of aromatic nitrogens is 1. The smallest absolute Gasteiger partial charge is 0.196 e. The summed E-state index contributed by atoms with van der Waals surface area (Å²) in [6.45, 7) is 0. The first-order valence-corrected chi connectivity index (χ1v) is 4.38. The van der Waals surface area contributed by atoms with Gasteiger partial charge in [-0.1, -0.05) is 22.9 Å². The standard InChI is InChI=1S/C7HClF3NS/c8-7-12-3-1-2(9)4(10)5(11)6(3)13-7/h1H. The second kappa shape index (κ2) is 2.85. The molecule has 13 heavy (non-hydrogen) atoms. The summed E-state index contributed by atoms with van der Waals surface area (Å²) in [4.78, 5) is 3.61. The van der Waals surface area contributed by atoms with Crippen LogP contribution < -0.4 is 0 Å². The van der Waals surface area contributed by atoms with Crippen molar-refractivity contribution in [3.05, 3.63) is 28.0 Å². The highest BCUT2D eigenvalue weighted by atomic mass is 35.5. The largest absolute Gasteiger partial charge is 0.225 e. The van der Waals surface area contributed by atoms with E-state index in [4.69, 9.17) is 11.6 Å². The highest BCUT2D eigenvalue weighted by Crippen LogP contribution is 2.30. The van der Waals surface area contributed by atoms with E-state index in [0.717, 1.165) is 17.4 Å². The van der Waals surface area contributed by atoms with Gasteiger partial charge in [0.1, 0.15) is 0 Å². The van der Waals surface area contributed by atoms with E-state index in [1.807, 2.05) is 0 Å². The van der Waals surface area contributed by atoms with E-state index in [1.54, 1.807) is 0 Å². The summed E-state index contributed by atoms with van der Waals surface area (Å²) < 4.78 is 38.2.